The summed E-state index contributed by atoms with van der Waals surface area (Å²) in [5.74, 6) is 3.46. The first kappa shape index (κ1) is 22.3. The first-order chi connectivity index (χ1) is 11.8. The number of aliphatic imine (C=N–C) groups is 1. The maximum absolute atomic E-state index is 12.2. The second-order valence-electron chi connectivity index (χ2n) is 7.99. The van der Waals surface area contributed by atoms with Crippen LogP contribution in [0.5, 0.6) is 0 Å². The van der Waals surface area contributed by atoms with Gasteiger partial charge in [0.1, 0.15) is 0 Å². The highest BCUT2D eigenvalue weighted by Gasteiger charge is 2.22. The van der Waals surface area contributed by atoms with E-state index in [1.54, 1.807) is 0 Å². The normalized spacial score (nSPS) is 22.0. The molecule has 0 bridgehead atoms. The molecule has 25 heavy (non-hydrogen) atoms. The van der Waals surface area contributed by atoms with Crippen LogP contribution in [-0.4, -0.2) is 41.2 Å². The topological polar surface area (TPSA) is 32.7 Å². The predicted octanol–water partition coefficient (Wildman–Crippen LogP) is 5.27. The largest absolute Gasteiger partial charge is 0.346 e. The molecule has 144 valence electrons. The average Bonchev–Trinajstić information content (AvgIpc) is 3.05. The molecule has 0 radical (unpaired) electrons. The Morgan fingerprint density at radius 2 is 2.04 bits per heavy atom. The lowest BCUT2D eigenvalue weighted by molar-refractivity contribution is -0.133. The van der Waals surface area contributed by atoms with Crippen molar-refractivity contribution in [3.63, 3.8) is 0 Å². The summed E-state index contributed by atoms with van der Waals surface area (Å²) in [7, 11) is 1.94. The third-order valence-corrected chi connectivity index (χ3v) is 6.73. The van der Waals surface area contributed by atoms with Crippen molar-refractivity contribution in [3.05, 3.63) is 12.7 Å². The summed E-state index contributed by atoms with van der Waals surface area (Å²) >= 11 is 1.90. The Kier molecular flexibility index (Phi) is 9.84. The fourth-order valence-corrected chi connectivity index (χ4v) is 4.37. The molecule has 1 amide bonds. The van der Waals surface area contributed by atoms with Gasteiger partial charge in [0.05, 0.1) is 11.1 Å². The second-order valence-corrected chi connectivity index (χ2v) is 9.09. The Morgan fingerprint density at radius 3 is 2.60 bits per heavy atom. The van der Waals surface area contributed by atoms with E-state index in [-0.39, 0.29) is 11.8 Å². The van der Waals surface area contributed by atoms with Crippen molar-refractivity contribution in [2.45, 2.75) is 66.3 Å². The average molecular weight is 367 g/mol. The van der Waals surface area contributed by atoms with Gasteiger partial charge in [-0.25, -0.2) is 0 Å². The van der Waals surface area contributed by atoms with Crippen LogP contribution in [0.1, 0.15) is 60.3 Å². The third kappa shape index (κ3) is 7.55. The number of nitrogens with zero attached hydrogens (tertiary/aromatic N) is 2. The van der Waals surface area contributed by atoms with E-state index in [1.165, 1.54) is 11.5 Å². The Hall–Kier alpha value is -0.770. The molecule has 3 nitrogen and oxygen atoms in total. The maximum Gasteiger partial charge on any atom is 0.225 e. The molecular weight excluding hydrogens is 328 g/mol. The molecule has 0 fully saturated rings. The van der Waals surface area contributed by atoms with E-state index in [2.05, 4.69) is 34.3 Å². The molecule has 4 heteroatoms. The highest BCUT2D eigenvalue weighted by Crippen LogP contribution is 2.29. The lowest BCUT2D eigenvalue weighted by Gasteiger charge is -2.26. The van der Waals surface area contributed by atoms with E-state index in [9.17, 15) is 4.79 Å². The number of hydrogen-bond acceptors (Lipinski definition) is 3. The third-order valence-electron chi connectivity index (χ3n) is 5.61. The molecule has 1 aliphatic rings. The standard InChI is InChI=1S/C21H38N2OS/c1-8-16(4)21(24)23(7)11-10-15(3)12-17(5)18(6)13-20-22-19(9-2)14-25-20/h9,15-19H,2,8,10-14H2,1,3-7H3/t15-,16-,17+,18-,19+/m0/s1. The smallest absolute Gasteiger partial charge is 0.225 e. The predicted molar refractivity (Wildman–Crippen MR) is 112 cm³/mol. The van der Waals surface area contributed by atoms with Crippen LogP contribution >= 0.6 is 11.8 Å². The van der Waals surface area contributed by atoms with Gasteiger partial charge in [-0.3, -0.25) is 9.79 Å². The minimum absolute atomic E-state index is 0.142. The fraction of sp³-hybridized carbons (Fsp3) is 0.810. The molecule has 0 unspecified atom stereocenters. The Bertz CT molecular complexity index is 463. The van der Waals surface area contributed by atoms with Crippen molar-refractivity contribution in [2.24, 2.45) is 28.7 Å². The summed E-state index contributed by atoms with van der Waals surface area (Å²) in [6.07, 6.45) is 6.27. The summed E-state index contributed by atoms with van der Waals surface area (Å²) in [6, 6.07) is 0.319. The highest BCUT2D eigenvalue weighted by atomic mass is 32.2. The van der Waals surface area contributed by atoms with Gasteiger partial charge < -0.3 is 4.90 Å². The molecule has 0 aromatic heterocycles. The number of rotatable bonds is 11. The first-order valence-corrected chi connectivity index (χ1v) is 10.8. The number of hydrogen-bond donors (Lipinski definition) is 0. The maximum atomic E-state index is 12.2. The molecule has 0 aromatic rings. The minimum atomic E-state index is 0.142. The van der Waals surface area contributed by atoms with Crippen LogP contribution in [0, 0.1) is 23.7 Å². The van der Waals surface area contributed by atoms with Crippen molar-refractivity contribution in [2.75, 3.05) is 19.3 Å². The monoisotopic (exact) mass is 366 g/mol. The van der Waals surface area contributed by atoms with Gasteiger partial charge in [-0.05, 0) is 43.4 Å². The van der Waals surface area contributed by atoms with E-state index in [4.69, 9.17) is 4.99 Å². The van der Waals surface area contributed by atoms with Crippen LogP contribution in [0.3, 0.4) is 0 Å². The quantitative estimate of drug-likeness (QED) is 0.467. The molecule has 0 aliphatic carbocycles. The Morgan fingerprint density at radius 1 is 1.36 bits per heavy atom. The summed E-state index contributed by atoms with van der Waals surface area (Å²) < 4.78 is 0. The van der Waals surface area contributed by atoms with Gasteiger partial charge in [-0.2, -0.15) is 0 Å². The lowest BCUT2D eigenvalue weighted by atomic mass is 9.84. The van der Waals surface area contributed by atoms with Crippen molar-refractivity contribution in [1.82, 2.24) is 4.90 Å². The summed E-state index contributed by atoms with van der Waals surface area (Å²) in [5, 5.41) is 1.30. The molecule has 5 atom stereocenters. The van der Waals surface area contributed by atoms with Crippen LogP contribution in [0.2, 0.25) is 0 Å². The molecule has 0 saturated heterocycles. The Balaban J connectivity index is 2.34. The van der Waals surface area contributed by atoms with Gasteiger partial charge in [0.15, 0.2) is 0 Å². The molecule has 0 spiro atoms. The van der Waals surface area contributed by atoms with E-state index in [0.717, 1.165) is 31.6 Å². The van der Waals surface area contributed by atoms with E-state index < -0.39 is 0 Å². The van der Waals surface area contributed by atoms with Gasteiger partial charge in [-0.15, -0.1) is 18.3 Å². The molecule has 0 N–H and O–H groups in total. The van der Waals surface area contributed by atoms with Crippen LogP contribution in [-0.2, 0) is 4.79 Å². The van der Waals surface area contributed by atoms with E-state index in [0.29, 0.717) is 23.8 Å². The Labute approximate surface area is 159 Å². The number of carbonyl (C=O) groups is 1. The van der Waals surface area contributed by atoms with E-state index in [1.807, 2.05) is 36.7 Å². The molecule has 1 rings (SSSR count). The molecule has 0 aromatic carbocycles. The number of amides is 1. The zero-order chi connectivity index (χ0) is 19.0. The van der Waals surface area contributed by atoms with Crippen LogP contribution in [0.25, 0.3) is 0 Å². The van der Waals surface area contributed by atoms with Crippen LogP contribution < -0.4 is 0 Å². The van der Waals surface area contributed by atoms with E-state index >= 15 is 0 Å². The van der Waals surface area contributed by atoms with Gasteiger partial charge in [0, 0.05) is 25.3 Å². The summed E-state index contributed by atoms with van der Waals surface area (Å²) in [6.45, 7) is 15.8. The van der Waals surface area contributed by atoms with Crippen molar-refractivity contribution >= 4 is 22.7 Å². The van der Waals surface area contributed by atoms with Gasteiger partial charge in [0.2, 0.25) is 5.91 Å². The zero-order valence-electron chi connectivity index (χ0n) is 17.1. The summed E-state index contributed by atoms with van der Waals surface area (Å²) in [5.41, 5.74) is 0. The van der Waals surface area contributed by atoms with Crippen molar-refractivity contribution in [1.29, 1.82) is 0 Å². The number of carbonyl (C=O) groups excluding carboxylic acids is 1. The lowest BCUT2D eigenvalue weighted by Crippen LogP contribution is -2.33. The minimum Gasteiger partial charge on any atom is -0.346 e. The fourth-order valence-electron chi connectivity index (χ4n) is 3.21. The van der Waals surface area contributed by atoms with Crippen molar-refractivity contribution in [3.8, 4) is 0 Å². The summed E-state index contributed by atoms with van der Waals surface area (Å²) in [4.78, 5) is 18.8. The van der Waals surface area contributed by atoms with Crippen molar-refractivity contribution < 1.29 is 4.79 Å². The second kappa shape index (κ2) is 11.1. The molecule has 0 saturated carbocycles. The van der Waals surface area contributed by atoms with Crippen LogP contribution in [0.15, 0.2) is 17.6 Å². The van der Waals surface area contributed by atoms with Gasteiger partial charge in [0.25, 0.3) is 0 Å². The molecule has 1 aliphatic heterocycles. The SMILES string of the molecule is C=C[C@@H]1CSC(C[C@H](C)[C@H](C)C[C@@H](C)CCN(C)C(=O)[C@@H](C)CC)=N1. The van der Waals surface area contributed by atoms with Crippen LogP contribution in [0.4, 0.5) is 0 Å². The molecular formula is C21H38N2OS. The first-order valence-electron chi connectivity index (χ1n) is 9.85. The zero-order valence-corrected chi connectivity index (χ0v) is 17.9. The van der Waals surface area contributed by atoms with Gasteiger partial charge >= 0.3 is 0 Å². The number of thioether (sulfide) groups is 1. The highest BCUT2D eigenvalue weighted by molar-refractivity contribution is 8.14. The molecule has 1 heterocycles. The van der Waals surface area contributed by atoms with Gasteiger partial charge in [-0.1, -0.05) is 40.7 Å².